The van der Waals surface area contributed by atoms with Gasteiger partial charge in [0.2, 0.25) is 0 Å². The van der Waals surface area contributed by atoms with Crippen molar-refractivity contribution >= 4 is 10.8 Å². The van der Waals surface area contributed by atoms with Gasteiger partial charge in [0.1, 0.15) is 0 Å². The Morgan fingerprint density at radius 3 is 2.22 bits per heavy atom. The van der Waals surface area contributed by atoms with Gasteiger partial charge in [-0.05, 0) is 6.92 Å². The molecular formula is C17H15Zr-. The minimum atomic E-state index is 0. The first kappa shape index (κ1) is 13.4. The van der Waals surface area contributed by atoms with Crippen LogP contribution in [0.4, 0.5) is 0 Å². The quantitative estimate of drug-likeness (QED) is 0.564. The molecule has 0 N–H and O–H groups in total. The zero-order valence-electron chi connectivity index (χ0n) is 10.7. The molecule has 3 rings (SSSR count). The number of rotatable bonds is 1. The monoisotopic (exact) mass is 309 g/mol. The zero-order valence-corrected chi connectivity index (χ0v) is 13.2. The van der Waals surface area contributed by atoms with Crippen molar-refractivity contribution in [1.29, 1.82) is 0 Å². The maximum atomic E-state index is 2.24. The Bertz CT molecular complexity index is 663. The molecule has 3 aromatic carbocycles. The number of hydrogen-bond acceptors (Lipinski definition) is 0. The van der Waals surface area contributed by atoms with Gasteiger partial charge in [0, 0.05) is 26.2 Å². The summed E-state index contributed by atoms with van der Waals surface area (Å²) < 4.78 is 0. The van der Waals surface area contributed by atoms with Gasteiger partial charge in [0.25, 0.3) is 0 Å². The Morgan fingerprint density at radius 2 is 1.50 bits per heavy atom. The third-order valence-corrected chi connectivity index (χ3v) is 3.44. The molecule has 0 aliphatic heterocycles. The van der Waals surface area contributed by atoms with Gasteiger partial charge in [-0.25, -0.2) is 0 Å². The molecule has 0 spiro atoms. The van der Waals surface area contributed by atoms with Crippen LogP contribution in [0.3, 0.4) is 0 Å². The van der Waals surface area contributed by atoms with Gasteiger partial charge in [0.15, 0.2) is 0 Å². The minimum Gasteiger partial charge on any atom is -0.146 e. The topological polar surface area (TPSA) is 0 Å². The summed E-state index contributed by atoms with van der Waals surface area (Å²) >= 11 is 0. The summed E-state index contributed by atoms with van der Waals surface area (Å²) in [5.41, 5.74) is 5.36. The van der Waals surface area contributed by atoms with E-state index in [1.807, 2.05) is 0 Å². The van der Waals surface area contributed by atoms with E-state index in [0.717, 1.165) is 0 Å². The van der Waals surface area contributed by atoms with Crippen molar-refractivity contribution < 1.29 is 26.2 Å². The summed E-state index contributed by atoms with van der Waals surface area (Å²) in [5, 5.41) is 2.78. The van der Waals surface area contributed by atoms with E-state index in [0.29, 0.717) is 0 Å². The van der Waals surface area contributed by atoms with E-state index in [4.69, 9.17) is 0 Å². The fourth-order valence-corrected chi connectivity index (χ4v) is 2.51. The first-order chi connectivity index (χ1) is 8.27. The Morgan fingerprint density at radius 1 is 0.833 bits per heavy atom. The maximum absolute atomic E-state index is 2.24. The van der Waals surface area contributed by atoms with Crippen LogP contribution >= 0.6 is 0 Å². The van der Waals surface area contributed by atoms with Crippen LogP contribution in [0.1, 0.15) is 11.1 Å². The predicted octanol–water partition coefficient (Wildman–Crippen LogP) is 4.84. The van der Waals surface area contributed by atoms with E-state index in [2.05, 4.69) is 68.4 Å². The molecule has 0 atom stereocenters. The van der Waals surface area contributed by atoms with Crippen molar-refractivity contribution in [1.82, 2.24) is 0 Å². The fourth-order valence-electron chi connectivity index (χ4n) is 2.51. The van der Waals surface area contributed by atoms with Gasteiger partial charge in [-0.15, -0.1) is 40.1 Å². The maximum Gasteiger partial charge on any atom is 0 e. The summed E-state index contributed by atoms with van der Waals surface area (Å²) in [5.74, 6) is 0. The van der Waals surface area contributed by atoms with Crippen LogP contribution in [0.5, 0.6) is 0 Å². The molecule has 0 heterocycles. The molecule has 0 fully saturated rings. The van der Waals surface area contributed by atoms with Crippen LogP contribution < -0.4 is 0 Å². The second-order valence-electron chi connectivity index (χ2n) is 4.60. The smallest absolute Gasteiger partial charge is 0 e. The Balaban J connectivity index is 0.00000120. The van der Waals surface area contributed by atoms with Crippen molar-refractivity contribution in [3.8, 4) is 11.1 Å². The van der Waals surface area contributed by atoms with Crippen molar-refractivity contribution in [2.24, 2.45) is 0 Å². The molecule has 0 unspecified atom stereocenters. The van der Waals surface area contributed by atoms with Crippen LogP contribution in [0.15, 0.2) is 54.6 Å². The Kier molecular flexibility index (Phi) is 3.92. The number of hydrogen-bond donors (Lipinski definition) is 0. The second kappa shape index (κ2) is 5.28. The molecule has 0 radical (unpaired) electrons. The average Bonchev–Trinajstić information content (AvgIpc) is 2.81. The van der Waals surface area contributed by atoms with Gasteiger partial charge in [-0.3, -0.25) is 0 Å². The first-order valence-electron chi connectivity index (χ1n) is 5.98. The average molecular weight is 311 g/mol. The molecule has 0 bridgehead atoms. The van der Waals surface area contributed by atoms with E-state index in [1.54, 1.807) is 0 Å². The second-order valence-corrected chi connectivity index (χ2v) is 4.60. The number of fused-ring (bicyclic) bond motifs is 1. The summed E-state index contributed by atoms with van der Waals surface area (Å²) in [6.45, 7) is 4.37. The van der Waals surface area contributed by atoms with E-state index in [-0.39, 0.29) is 26.2 Å². The normalized spacial score (nSPS) is 10.3. The molecule has 0 aromatic heterocycles. The zero-order chi connectivity index (χ0) is 11.8. The summed E-state index contributed by atoms with van der Waals surface area (Å²) in [7, 11) is 0. The molecule has 0 saturated heterocycles. The van der Waals surface area contributed by atoms with Crippen molar-refractivity contribution in [3.63, 3.8) is 0 Å². The number of benzene rings is 2. The van der Waals surface area contributed by atoms with E-state index < -0.39 is 0 Å². The molecule has 18 heavy (non-hydrogen) atoms. The van der Waals surface area contributed by atoms with Gasteiger partial charge >= 0.3 is 0 Å². The predicted molar refractivity (Wildman–Crippen MR) is 74.5 cm³/mol. The minimum absolute atomic E-state index is 0. The SMILES string of the molecule is Cc1ccc(C)c2c(-c3ccccc3)c[cH-]c12.[Zr]. The molecule has 88 valence electrons. The van der Waals surface area contributed by atoms with Crippen LogP contribution in [-0.2, 0) is 26.2 Å². The largest absolute Gasteiger partial charge is 0.146 e. The molecule has 0 saturated carbocycles. The Labute approximate surface area is 127 Å². The van der Waals surface area contributed by atoms with Crippen molar-refractivity contribution in [2.75, 3.05) is 0 Å². The van der Waals surface area contributed by atoms with Crippen LogP contribution in [0.25, 0.3) is 21.9 Å². The van der Waals surface area contributed by atoms with Crippen molar-refractivity contribution in [3.05, 3.63) is 65.7 Å². The molecule has 3 aromatic rings. The van der Waals surface area contributed by atoms with Crippen LogP contribution in [-0.4, -0.2) is 0 Å². The molecule has 0 amide bonds. The number of aryl methyl sites for hydroxylation is 2. The summed E-state index contributed by atoms with van der Waals surface area (Å²) in [6, 6.07) is 19.5. The molecular weight excluding hydrogens is 295 g/mol. The molecule has 0 nitrogen and oxygen atoms in total. The molecule has 1 heteroatoms. The standard InChI is InChI=1S/C17H15.Zr/c1-12-8-9-13(2)17-15(12)10-11-16(17)14-6-4-3-5-7-14;/h3-11H,1-2H3;/q-1;. The molecule has 0 aliphatic carbocycles. The van der Waals surface area contributed by atoms with E-state index in [1.165, 1.54) is 33.0 Å². The van der Waals surface area contributed by atoms with E-state index in [9.17, 15) is 0 Å². The molecule has 0 aliphatic rings. The van der Waals surface area contributed by atoms with Crippen LogP contribution in [0.2, 0.25) is 0 Å². The van der Waals surface area contributed by atoms with Crippen molar-refractivity contribution in [2.45, 2.75) is 13.8 Å². The fraction of sp³-hybridized carbons (Fsp3) is 0.118. The summed E-state index contributed by atoms with van der Waals surface area (Å²) in [4.78, 5) is 0. The van der Waals surface area contributed by atoms with Crippen LogP contribution in [0, 0.1) is 13.8 Å². The first-order valence-corrected chi connectivity index (χ1v) is 5.98. The van der Waals surface area contributed by atoms with Gasteiger partial charge < -0.3 is 0 Å². The third-order valence-electron chi connectivity index (χ3n) is 3.44. The van der Waals surface area contributed by atoms with Gasteiger partial charge in [-0.2, -0.15) is 0 Å². The van der Waals surface area contributed by atoms with Gasteiger partial charge in [-0.1, -0.05) is 54.4 Å². The Hall–Kier alpha value is -1.07. The van der Waals surface area contributed by atoms with E-state index >= 15 is 0 Å². The van der Waals surface area contributed by atoms with Gasteiger partial charge in [0.05, 0.1) is 0 Å². The summed E-state index contributed by atoms with van der Waals surface area (Å²) in [6.07, 6.45) is 0. The third kappa shape index (κ3) is 2.13.